The van der Waals surface area contributed by atoms with Crippen molar-refractivity contribution in [3.05, 3.63) is 28.8 Å². The summed E-state index contributed by atoms with van der Waals surface area (Å²) in [5.41, 5.74) is 7.76. The van der Waals surface area contributed by atoms with Gasteiger partial charge in [-0.1, -0.05) is 30.9 Å². The Morgan fingerprint density at radius 2 is 2.05 bits per heavy atom. The van der Waals surface area contributed by atoms with Gasteiger partial charge in [0.15, 0.2) is 0 Å². The fourth-order valence-corrected chi connectivity index (χ4v) is 2.94. The number of nitrogens with two attached hydrogens (primary N) is 1. The molecule has 3 N–H and O–H groups in total. The van der Waals surface area contributed by atoms with Crippen molar-refractivity contribution in [1.82, 2.24) is 0 Å². The highest BCUT2D eigenvalue weighted by Gasteiger charge is 2.30. The van der Waals surface area contributed by atoms with Crippen LogP contribution in [0, 0.1) is 6.92 Å². The molecule has 0 spiro atoms. The van der Waals surface area contributed by atoms with Gasteiger partial charge in [-0.3, -0.25) is 4.79 Å². The van der Waals surface area contributed by atoms with Gasteiger partial charge in [0.1, 0.15) is 0 Å². The Balaban J connectivity index is 1.97. The van der Waals surface area contributed by atoms with Crippen LogP contribution in [0.5, 0.6) is 0 Å². The van der Waals surface area contributed by atoms with E-state index in [0.717, 1.165) is 36.9 Å². The standard InChI is InChI=1S/C15H21ClN2O/c1-11-9-12(16)5-6-13(11)18-14(19)10-15(17)7-3-2-4-8-15/h5-6,9H,2-4,7-8,10,17H2,1H3,(H,18,19). The van der Waals surface area contributed by atoms with Crippen LogP contribution in [0.25, 0.3) is 0 Å². The highest BCUT2D eigenvalue weighted by molar-refractivity contribution is 6.30. The van der Waals surface area contributed by atoms with Crippen molar-refractivity contribution in [2.75, 3.05) is 5.32 Å². The number of aryl methyl sites for hydroxylation is 1. The van der Waals surface area contributed by atoms with Gasteiger partial charge in [0.05, 0.1) is 0 Å². The third-order valence-electron chi connectivity index (χ3n) is 3.82. The molecule has 0 aliphatic heterocycles. The van der Waals surface area contributed by atoms with Crippen molar-refractivity contribution in [3.63, 3.8) is 0 Å². The molecule has 1 aromatic carbocycles. The van der Waals surface area contributed by atoms with Gasteiger partial charge in [0.2, 0.25) is 5.91 Å². The number of nitrogens with one attached hydrogen (secondary N) is 1. The maximum absolute atomic E-state index is 12.1. The zero-order valence-electron chi connectivity index (χ0n) is 11.3. The second kappa shape index (κ2) is 5.93. The molecule has 0 atom stereocenters. The van der Waals surface area contributed by atoms with Crippen LogP contribution in [0.3, 0.4) is 0 Å². The molecule has 0 radical (unpaired) electrons. The predicted octanol–water partition coefficient (Wildman–Crippen LogP) is 3.64. The number of anilines is 1. The lowest BCUT2D eigenvalue weighted by atomic mass is 9.80. The quantitative estimate of drug-likeness (QED) is 0.888. The molecule has 0 aromatic heterocycles. The molecule has 0 heterocycles. The van der Waals surface area contributed by atoms with Crippen LogP contribution >= 0.6 is 11.6 Å². The van der Waals surface area contributed by atoms with E-state index in [9.17, 15) is 4.79 Å². The fraction of sp³-hybridized carbons (Fsp3) is 0.533. The maximum Gasteiger partial charge on any atom is 0.226 e. The molecule has 1 fully saturated rings. The van der Waals surface area contributed by atoms with E-state index in [4.69, 9.17) is 17.3 Å². The summed E-state index contributed by atoms with van der Waals surface area (Å²) in [6, 6.07) is 5.46. The molecule has 0 saturated heterocycles. The zero-order valence-corrected chi connectivity index (χ0v) is 12.1. The molecule has 1 aromatic rings. The van der Waals surface area contributed by atoms with Crippen molar-refractivity contribution in [2.45, 2.75) is 51.0 Å². The molecule has 1 amide bonds. The summed E-state index contributed by atoms with van der Waals surface area (Å²) in [5.74, 6) is -0.00479. The summed E-state index contributed by atoms with van der Waals surface area (Å²) in [6.45, 7) is 1.93. The van der Waals surface area contributed by atoms with Gasteiger partial charge in [-0.15, -0.1) is 0 Å². The first-order valence-corrected chi connectivity index (χ1v) is 7.21. The van der Waals surface area contributed by atoms with Gasteiger partial charge in [0, 0.05) is 22.7 Å². The molecule has 1 aliphatic carbocycles. The number of amides is 1. The molecular formula is C15H21ClN2O. The summed E-state index contributed by atoms with van der Waals surface area (Å²) < 4.78 is 0. The first-order valence-electron chi connectivity index (χ1n) is 6.83. The van der Waals surface area contributed by atoms with E-state index in [-0.39, 0.29) is 11.4 Å². The summed E-state index contributed by atoms with van der Waals surface area (Å²) in [5, 5.41) is 3.61. The van der Waals surface area contributed by atoms with Gasteiger partial charge in [-0.25, -0.2) is 0 Å². The third kappa shape index (κ3) is 3.95. The van der Waals surface area contributed by atoms with Crippen LogP contribution < -0.4 is 11.1 Å². The fourth-order valence-electron chi connectivity index (χ4n) is 2.71. The van der Waals surface area contributed by atoms with E-state index in [0.29, 0.717) is 11.4 Å². The second-order valence-electron chi connectivity index (χ2n) is 5.61. The van der Waals surface area contributed by atoms with Crippen molar-refractivity contribution in [2.24, 2.45) is 5.73 Å². The average molecular weight is 281 g/mol. The molecule has 0 unspecified atom stereocenters. The van der Waals surface area contributed by atoms with Gasteiger partial charge in [0.25, 0.3) is 0 Å². The summed E-state index contributed by atoms with van der Waals surface area (Å²) in [6.07, 6.45) is 5.78. The number of hydrogen-bond donors (Lipinski definition) is 2. The highest BCUT2D eigenvalue weighted by atomic mass is 35.5. The van der Waals surface area contributed by atoms with Crippen LogP contribution in [0.1, 0.15) is 44.1 Å². The minimum Gasteiger partial charge on any atom is -0.326 e. The van der Waals surface area contributed by atoms with Gasteiger partial charge in [-0.05, 0) is 43.5 Å². The largest absolute Gasteiger partial charge is 0.326 e. The molecule has 2 rings (SSSR count). The highest BCUT2D eigenvalue weighted by Crippen LogP contribution is 2.29. The number of carbonyl (C=O) groups excluding carboxylic acids is 1. The van der Waals surface area contributed by atoms with Crippen molar-refractivity contribution >= 4 is 23.2 Å². The van der Waals surface area contributed by atoms with Gasteiger partial charge >= 0.3 is 0 Å². The lowest BCUT2D eigenvalue weighted by Gasteiger charge is -2.32. The number of carbonyl (C=O) groups is 1. The molecule has 0 bridgehead atoms. The number of rotatable bonds is 3. The third-order valence-corrected chi connectivity index (χ3v) is 4.06. The second-order valence-corrected chi connectivity index (χ2v) is 6.04. The van der Waals surface area contributed by atoms with E-state index in [1.54, 1.807) is 6.07 Å². The van der Waals surface area contributed by atoms with Crippen LogP contribution in [-0.2, 0) is 4.79 Å². The van der Waals surface area contributed by atoms with Gasteiger partial charge < -0.3 is 11.1 Å². The van der Waals surface area contributed by atoms with Crippen LogP contribution in [0.2, 0.25) is 5.02 Å². The van der Waals surface area contributed by atoms with E-state index < -0.39 is 0 Å². The Morgan fingerprint density at radius 1 is 1.37 bits per heavy atom. The summed E-state index contributed by atoms with van der Waals surface area (Å²) >= 11 is 5.90. The topological polar surface area (TPSA) is 55.1 Å². The first-order chi connectivity index (χ1) is 8.98. The lowest BCUT2D eigenvalue weighted by Crippen LogP contribution is -2.44. The normalized spacial score (nSPS) is 18.1. The number of hydrogen-bond acceptors (Lipinski definition) is 2. The lowest BCUT2D eigenvalue weighted by molar-refractivity contribution is -0.117. The van der Waals surface area contributed by atoms with E-state index in [1.807, 2.05) is 19.1 Å². The molecule has 1 aliphatic rings. The Labute approximate surface area is 119 Å². The smallest absolute Gasteiger partial charge is 0.226 e. The average Bonchev–Trinajstić information content (AvgIpc) is 2.33. The Kier molecular flexibility index (Phi) is 4.48. The SMILES string of the molecule is Cc1cc(Cl)ccc1NC(=O)CC1(N)CCCCC1. The zero-order chi connectivity index (χ0) is 13.9. The Morgan fingerprint density at radius 3 is 2.68 bits per heavy atom. The minimum absolute atomic E-state index is 0.00479. The molecule has 19 heavy (non-hydrogen) atoms. The minimum atomic E-state index is -0.317. The van der Waals surface area contributed by atoms with Crippen molar-refractivity contribution in [3.8, 4) is 0 Å². The monoisotopic (exact) mass is 280 g/mol. The van der Waals surface area contributed by atoms with E-state index >= 15 is 0 Å². The van der Waals surface area contributed by atoms with Crippen LogP contribution in [0.4, 0.5) is 5.69 Å². The molecule has 1 saturated carbocycles. The Bertz CT molecular complexity index is 467. The predicted molar refractivity (Wildman–Crippen MR) is 79.4 cm³/mol. The molecule has 4 heteroatoms. The van der Waals surface area contributed by atoms with Crippen molar-refractivity contribution in [1.29, 1.82) is 0 Å². The van der Waals surface area contributed by atoms with E-state index in [2.05, 4.69) is 5.32 Å². The first kappa shape index (κ1) is 14.4. The number of benzene rings is 1. The summed E-state index contributed by atoms with van der Waals surface area (Å²) in [4.78, 5) is 12.1. The maximum atomic E-state index is 12.1. The molecule has 104 valence electrons. The van der Waals surface area contributed by atoms with Crippen LogP contribution in [-0.4, -0.2) is 11.4 Å². The Hall–Kier alpha value is -1.06. The molecular weight excluding hydrogens is 260 g/mol. The van der Waals surface area contributed by atoms with E-state index in [1.165, 1.54) is 6.42 Å². The van der Waals surface area contributed by atoms with Crippen molar-refractivity contribution < 1.29 is 4.79 Å². The summed E-state index contributed by atoms with van der Waals surface area (Å²) in [7, 11) is 0. The van der Waals surface area contributed by atoms with Gasteiger partial charge in [-0.2, -0.15) is 0 Å². The van der Waals surface area contributed by atoms with Crippen LogP contribution in [0.15, 0.2) is 18.2 Å². The molecule has 3 nitrogen and oxygen atoms in total. The number of halogens is 1.